The number of likely N-dealkylation sites (tertiary alicyclic amines) is 1. The molecule has 1 aromatic heterocycles. The van der Waals surface area contributed by atoms with Crippen molar-refractivity contribution in [2.45, 2.75) is 19.9 Å². The van der Waals surface area contributed by atoms with E-state index in [2.05, 4.69) is 23.8 Å². The topological polar surface area (TPSA) is 41.5 Å². The van der Waals surface area contributed by atoms with E-state index < -0.39 is 0 Å². The lowest BCUT2D eigenvalue weighted by Crippen LogP contribution is -2.30. The van der Waals surface area contributed by atoms with Gasteiger partial charge in [0.15, 0.2) is 0 Å². The molecule has 24 heavy (non-hydrogen) atoms. The number of nitrogens with zero attached hydrogens (tertiary/aromatic N) is 4. The van der Waals surface area contributed by atoms with Crippen LogP contribution in [-0.2, 0) is 11.3 Å². The number of fused-ring (bicyclic) bond motifs is 1. The molecule has 0 saturated carbocycles. The number of rotatable bonds is 7. The van der Waals surface area contributed by atoms with Crippen molar-refractivity contribution in [3.63, 3.8) is 0 Å². The summed E-state index contributed by atoms with van der Waals surface area (Å²) in [6, 6.07) is 8.09. The molecule has 1 aliphatic heterocycles. The van der Waals surface area contributed by atoms with E-state index in [1.807, 2.05) is 24.3 Å². The Bertz CT molecular complexity index is 675. The molecule has 5 heteroatoms. The first-order chi connectivity index (χ1) is 11.7. The molecule has 3 rings (SSSR count). The minimum absolute atomic E-state index is 0.737. The Morgan fingerprint density at radius 2 is 2.00 bits per heavy atom. The summed E-state index contributed by atoms with van der Waals surface area (Å²) < 4.78 is 5.18. The van der Waals surface area contributed by atoms with Crippen molar-refractivity contribution in [1.82, 2.24) is 19.8 Å². The van der Waals surface area contributed by atoms with E-state index in [0.717, 1.165) is 54.6 Å². The Kier molecular flexibility index (Phi) is 5.76. The van der Waals surface area contributed by atoms with Crippen LogP contribution in [0, 0.1) is 12.8 Å². The van der Waals surface area contributed by atoms with Gasteiger partial charge in [0.25, 0.3) is 0 Å². The van der Waals surface area contributed by atoms with Crippen LogP contribution in [0.3, 0.4) is 0 Å². The maximum absolute atomic E-state index is 5.18. The van der Waals surface area contributed by atoms with Gasteiger partial charge >= 0.3 is 0 Å². The fourth-order valence-electron chi connectivity index (χ4n) is 3.52. The quantitative estimate of drug-likeness (QED) is 0.780. The van der Waals surface area contributed by atoms with Gasteiger partial charge in [-0.05, 0) is 45.0 Å². The average molecular weight is 328 g/mol. The number of hydrogen-bond acceptors (Lipinski definition) is 5. The summed E-state index contributed by atoms with van der Waals surface area (Å²) >= 11 is 0. The largest absolute Gasteiger partial charge is 0.383 e. The SMILES string of the molecule is COCCN1CC[C@H](CN(C)Cc2nc3ccccc3nc2C)C1. The first kappa shape index (κ1) is 17.3. The Labute approximate surface area is 144 Å². The van der Waals surface area contributed by atoms with E-state index in [-0.39, 0.29) is 0 Å². The van der Waals surface area contributed by atoms with E-state index in [4.69, 9.17) is 14.7 Å². The predicted octanol–water partition coefficient (Wildman–Crippen LogP) is 2.34. The monoisotopic (exact) mass is 328 g/mol. The first-order valence-electron chi connectivity index (χ1n) is 8.78. The molecule has 1 fully saturated rings. The van der Waals surface area contributed by atoms with Crippen LogP contribution in [0.1, 0.15) is 17.8 Å². The lowest BCUT2D eigenvalue weighted by molar-refractivity contribution is 0.157. The van der Waals surface area contributed by atoms with Crippen LogP contribution in [-0.4, -0.2) is 66.7 Å². The maximum Gasteiger partial charge on any atom is 0.0890 e. The second kappa shape index (κ2) is 8.01. The summed E-state index contributed by atoms with van der Waals surface area (Å²) in [5.74, 6) is 0.737. The summed E-state index contributed by atoms with van der Waals surface area (Å²) in [6.07, 6.45) is 1.27. The Morgan fingerprint density at radius 3 is 2.75 bits per heavy atom. The lowest BCUT2D eigenvalue weighted by Gasteiger charge is -2.22. The smallest absolute Gasteiger partial charge is 0.0890 e. The summed E-state index contributed by atoms with van der Waals surface area (Å²) in [4.78, 5) is 14.4. The molecule has 1 atom stereocenters. The van der Waals surface area contributed by atoms with Crippen LogP contribution >= 0.6 is 0 Å². The molecular formula is C19H28N4O. The van der Waals surface area contributed by atoms with E-state index in [1.54, 1.807) is 7.11 Å². The maximum atomic E-state index is 5.18. The fraction of sp³-hybridized carbons (Fsp3) is 0.579. The number of aromatic nitrogens is 2. The fourth-order valence-corrected chi connectivity index (χ4v) is 3.52. The average Bonchev–Trinajstić information content (AvgIpc) is 3.01. The number of para-hydroxylation sites is 2. The van der Waals surface area contributed by atoms with Crippen LogP contribution in [0.15, 0.2) is 24.3 Å². The number of benzene rings is 1. The summed E-state index contributed by atoms with van der Waals surface area (Å²) in [7, 11) is 3.96. The second-order valence-corrected chi connectivity index (χ2v) is 6.89. The van der Waals surface area contributed by atoms with Crippen molar-refractivity contribution < 1.29 is 4.74 Å². The number of aryl methyl sites for hydroxylation is 1. The minimum Gasteiger partial charge on any atom is -0.383 e. The van der Waals surface area contributed by atoms with Crippen LogP contribution in [0.4, 0.5) is 0 Å². The van der Waals surface area contributed by atoms with Crippen LogP contribution in [0.2, 0.25) is 0 Å². The highest BCUT2D eigenvalue weighted by Gasteiger charge is 2.23. The van der Waals surface area contributed by atoms with Crippen molar-refractivity contribution in [1.29, 1.82) is 0 Å². The van der Waals surface area contributed by atoms with Gasteiger partial charge in [-0.1, -0.05) is 12.1 Å². The number of hydrogen-bond donors (Lipinski definition) is 0. The van der Waals surface area contributed by atoms with Crippen molar-refractivity contribution in [2.24, 2.45) is 5.92 Å². The molecule has 0 bridgehead atoms. The highest BCUT2D eigenvalue weighted by molar-refractivity contribution is 5.74. The van der Waals surface area contributed by atoms with E-state index >= 15 is 0 Å². The molecule has 5 nitrogen and oxygen atoms in total. The molecule has 1 saturated heterocycles. The van der Waals surface area contributed by atoms with Gasteiger partial charge in [-0.25, -0.2) is 9.97 Å². The van der Waals surface area contributed by atoms with Gasteiger partial charge in [-0.3, -0.25) is 0 Å². The summed E-state index contributed by atoms with van der Waals surface area (Å²) in [5, 5.41) is 0. The van der Waals surface area contributed by atoms with Crippen LogP contribution in [0.25, 0.3) is 11.0 Å². The van der Waals surface area contributed by atoms with Gasteiger partial charge in [0.05, 0.1) is 29.0 Å². The highest BCUT2D eigenvalue weighted by atomic mass is 16.5. The molecule has 1 aliphatic rings. The van der Waals surface area contributed by atoms with Gasteiger partial charge < -0.3 is 14.5 Å². The zero-order valence-electron chi connectivity index (χ0n) is 15.0. The zero-order chi connectivity index (χ0) is 16.9. The Morgan fingerprint density at radius 1 is 1.25 bits per heavy atom. The van der Waals surface area contributed by atoms with Crippen molar-refractivity contribution in [3.05, 3.63) is 35.7 Å². The van der Waals surface area contributed by atoms with E-state index in [1.165, 1.54) is 19.5 Å². The third-order valence-electron chi connectivity index (χ3n) is 4.81. The van der Waals surface area contributed by atoms with Gasteiger partial charge in [-0.2, -0.15) is 0 Å². The summed E-state index contributed by atoms with van der Waals surface area (Å²) in [6.45, 7) is 8.27. The molecule has 2 heterocycles. The molecular weight excluding hydrogens is 300 g/mol. The predicted molar refractivity (Wildman–Crippen MR) is 97.0 cm³/mol. The van der Waals surface area contributed by atoms with Crippen molar-refractivity contribution in [2.75, 3.05) is 46.9 Å². The molecule has 2 aromatic rings. The van der Waals surface area contributed by atoms with Gasteiger partial charge in [0.2, 0.25) is 0 Å². The van der Waals surface area contributed by atoms with Gasteiger partial charge in [-0.15, -0.1) is 0 Å². The van der Waals surface area contributed by atoms with Crippen molar-refractivity contribution >= 4 is 11.0 Å². The lowest BCUT2D eigenvalue weighted by atomic mass is 10.1. The Balaban J connectivity index is 1.57. The van der Waals surface area contributed by atoms with E-state index in [0.29, 0.717) is 0 Å². The zero-order valence-corrected chi connectivity index (χ0v) is 15.0. The molecule has 1 aromatic carbocycles. The molecule has 130 valence electrons. The first-order valence-corrected chi connectivity index (χ1v) is 8.78. The van der Waals surface area contributed by atoms with Crippen LogP contribution in [0.5, 0.6) is 0 Å². The highest BCUT2D eigenvalue weighted by Crippen LogP contribution is 2.18. The van der Waals surface area contributed by atoms with Gasteiger partial charge in [0.1, 0.15) is 0 Å². The number of ether oxygens (including phenoxy) is 1. The molecule has 0 N–H and O–H groups in total. The molecule has 0 aliphatic carbocycles. The molecule has 0 spiro atoms. The summed E-state index contributed by atoms with van der Waals surface area (Å²) in [5.41, 5.74) is 4.09. The third-order valence-corrected chi connectivity index (χ3v) is 4.81. The number of methoxy groups -OCH3 is 1. The molecule has 0 unspecified atom stereocenters. The van der Waals surface area contributed by atoms with Crippen LogP contribution < -0.4 is 0 Å². The molecule has 0 amide bonds. The third kappa shape index (κ3) is 4.29. The molecule has 0 radical (unpaired) electrons. The van der Waals surface area contributed by atoms with E-state index in [9.17, 15) is 0 Å². The normalized spacial score (nSPS) is 18.8. The minimum atomic E-state index is 0.737. The van der Waals surface area contributed by atoms with Gasteiger partial charge in [0, 0.05) is 33.3 Å². The second-order valence-electron chi connectivity index (χ2n) is 6.89. The Hall–Kier alpha value is -1.56. The standard InChI is InChI=1S/C19H28N4O/c1-15-19(21-18-7-5-4-6-17(18)20-15)14-22(2)12-16-8-9-23(13-16)10-11-24-3/h4-7,16H,8-14H2,1-3H3/t16-/m1/s1. The van der Waals surface area contributed by atoms with Crippen molar-refractivity contribution in [3.8, 4) is 0 Å².